The number of carboxylic acids is 1. The molecule has 28 heavy (non-hydrogen) atoms. The Kier molecular flexibility index (Phi) is 5.43. The molecule has 1 fully saturated rings. The van der Waals surface area contributed by atoms with Gasteiger partial charge in [-0.15, -0.1) is 0 Å². The van der Waals surface area contributed by atoms with Gasteiger partial charge in [-0.2, -0.15) is 8.42 Å². The summed E-state index contributed by atoms with van der Waals surface area (Å²) in [6.07, 6.45) is 3.98. The van der Waals surface area contributed by atoms with E-state index in [4.69, 9.17) is 4.18 Å². The maximum Gasteiger partial charge on any atom is 0.309 e. The molecule has 5 nitrogen and oxygen atoms in total. The van der Waals surface area contributed by atoms with Crippen molar-refractivity contribution in [3.05, 3.63) is 28.8 Å². The van der Waals surface area contributed by atoms with Crippen LogP contribution in [0.3, 0.4) is 0 Å². The van der Waals surface area contributed by atoms with Crippen molar-refractivity contribution in [2.24, 2.45) is 11.3 Å². The second kappa shape index (κ2) is 7.13. The average Bonchev–Trinajstić information content (AvgIpc) is 2.60. The summed E-state index contributed by atoms with van der Waals surface area (Å²) < 4.78 is 30.8. The standard InChI is InChI=1S/C22H32O5S/c1-6-27-28(25,26)18-13-17-15(12-16(18)14(2)3)8-9-19-21(17,4)10-7-11-22(19,5)20(23)24/h12-14,19H,6-11H2,1-5H3,(H,23,24)/t19-,21-,22-/m1/s1. The quantitative estimate of drug-likeness (QED) is 0.719. The van der Waals surface area contributed by atoms with E-state index in [1.54, 1.807) is 13.0 Å². The Morgan fingerprint density at radius 3 is 2.54 bits per heavy atom. The lowest BCUT2D eigenvalue weighted by molar-refractivity contribution is -0.157. The van der Waals surface area contributed by atoms with E-state index in [1.165, 1.54) is 0 Å². The molecular weight excluding hydrogens is 376 g/mol. The van der Waals surface area contributed by atoms with Crippen molar-refractivity contribution in [2.75, 3.05) is 6.61 Å². The van der Waals surface area contributed by atoms with E-state index in [0.717, 1.165) is 42.4 Å². The first kappa shape index (κ1) is 21.3. The average molecular weight is 409 g/mol. The number of rotatable bonds is 5. The minimum absolute atomic E-state index is 0.00806. The lowest BCUT2D eigenvalue weighted by Crippen LogP contribution is -2.52. The van der Waals surface area contributed by atoms with Crippen LogP contribution in [0.1, 0.15) is 82.9 Å². The number of carboxylic acid groups (broad SMARTS) is 1. The highest BCUT2D eigenvalue weighted by molar-refractivity contribution is 7.86. The molecule has 2 aliphatic carbocycles. The van der Waals surface area contributed by atoms with Crippen molar-refractivity contribution in [1.82, 2.24) is 0 Å². The molecule has 156 valence electrons. The molecule has 0 unspecified atom stereocenters. The zero-order valence-corrected chi connectivity index (χ0v) is 18.4. The van der Waals surface area contributed by atoms with Gasteiger partial charge >= 0.3 is 5.97 Å². The Hall–Kier alpha value is -1.40. The lowest BCUT2D eigenvalue weighted by Gasteiger charge is -2.53. The Bertz CT molecular complexity index is 888. The predicted molar refractivity (Wildman–Crippen MR) is 108 cm³/mol. The maximum absolute atomic E-state index is 12.8. The first-order valence-corrected chi connectivity index (χ1v) is 11.7. The highest BCUT2D eigenvalue weighted by atomic mass is 32.2. The van der Waals surface area contributed by atoms with E-state index in [2.05, 4.69) is 6.92 Å². The molecule has 2 aliphatic rings. The molecule has 0 bridgehead atoms. The first-order valence-electron chi connectivity index (χ1n) is 10.3. The summed E-state index contributed by atoms with van der Waals surface area (Å²) in [4.78, 5) is 12.4. The van der Waals surface area contributed by atoms with Crippen molar-refractivity contribution >= 4 is 16.1 Å². The minimum Gasteiger partial charge on any atom is -0.481 e. The van der Waals surface area contributed by atoms with Crippen LogP contribution >= 0.6 is 0 Å². The summed E-state index contributed by atoms with van der Waals surface area (Å²) in [5.74, 6) is -0.698. The maximum atomic E-state index is 12.8. The Labute approximate surface area is 168 Å². The van der Waals surface area contributed by atoms with Gasteiger partial charge < -0.3 is 5.11 Å². The largest absolute Gasteiger partial charge is 0.481 e. The third-order valence-corrected chi connectivity index (χ3v) is 8.57. The second-order valence-electron chi connectivity index (χ2n) is 9.15. The molecule has 0 amide bonds. The number of hydrogen-bond donors (Lipinski definition) is 1. The fourth-order valence-corrected chi connectivity index (χ4v) is 6.94. The van der Waals surface area contributed by atoms with Gasteiger partial charge in [0.25, 0.3) is 10.1 Å². The number of fused-ring (bicyclic) bond motifs is 3. The van der Waals surface area contributed by atoms with Crippen LogP contribution < -0.4 is 0 Å². The van der Waals surface area contributed by atoms with E-state index < -0.39 is 21.5 Å². The molecule has 6 heteroatoms. The number of aliphatic carboxylic acids is 1. The number of carbonyl (C=O) groups is 1. The molecule has 1 aromatic carbocycles. The molecule has 0 aromatic heterocycles. The predicted octanol–water partition coefficient (Wildman–Crippen LogP) is 4.63. The van der Waals surface area contributed by atoms with Crippen molar-refractivity contribution < 1.29 is 22.5 Å². The van der Waals surface area contributed by atoms with Gasteiger partial charge in [0.1, 0.15) is 0 Å². The molecule has 0 aliphatic heterocycles. The molecule has 1 aromatic rings. The van der Waals surface area contributed by atoms with Gasteiger partial charge in [-0.3, -0.25) is 8.98 Å². The third-order valence-electron chi connectivity index (χ3n) is 7.14. The summed E-state index contributed by atoms with van der Waals surface area (Å²) in [5.41, 5.74) is 1.82. The van der Waals surface area contributed by atoms with Crippen LogP contribution in [0.25, 0.3) is 0 Å². The Morgan fingerprint density at radius 2 is 1.96 bits per heavy atom. The molecule has 3 atom stereocenters. The highest BCUT2D eigenvalue weighted by Gasteiger charge is 2.55. The topological polar surface area (TPSA) is 80.7 Å². The van der Waals surface area contributed by atoms with Crippen LogP contribution in [-0.4, -0.2) is 26.1 Å². The minimum atomic E-state index is -3.85. The monoisotopic (exact) mass is 408 g/mol. The Balaban J connectivity index is 2.22. The van der Waals surface area contributed by atoms with Crippen molar-refractivity contribution in [3.8, 4) is 0 Å². The smallest absolute Gasteiger partial charge is 0.309 e. The van der Waals surface area contributed by atoms with Crippen LogP contribution in [0.4, 0.5) is 0 Å². The van der Waals surface area contributed by atoms with Crippen molar-refractivity contribution in [2.45, 2.75) is 83.0 Å². The van der Waals surface area contributed by atoms with Crippen LogP contribution in [0.15, 0.2) is 17.0 Å². The normalized spacial score (nSPS) is 30.0. The highest BCUT2D eigenvalue weighted by Crippen LogP contribution is 2.57. The summed E-state index contributed by atoms with van der Waals surface area (Å²) in [6.45, 7) is 9.73. The number of benzene rings is 1. The molecule has 1 N–H and O–H groups in total. The molecule has 0 radical (unpaired) electrons. The molecule has 3 rings (SSSR count). The van der Waals surface area contributed by atoms with Gasteiger partial charge in [0.2, 0.25) is 0 Å². The van der Waals surface area contributed by atoms with Crippen LogP contribution in [0.2, 0.25) is 0 Å². The zero-order chi connectivity index (χ0) is 20.9. The summed E-state index contributed by atoms with van der Waals surface area (Å²) in [6, 6.07) is 3.83. The van der Waals surface area contributed by atoms with E-state index in [0.29, 0.717) is 6.42 Å². The van der Waals surface area contributed by atoms with Gasteiger partial charge in [0.15, 0.2) is 0 Å². The first-order chi connectivity index (χ1) is 13.0. The third kappa shape index (κ3) is 3.18. The molecule has 0 heterocycles. The van der Waals surface area contributed by atoms with E-state index in [9.17, 15) is 18.3 Å². The van der Waals surface area contributed by atoms with Crippen LogP contribution in [0.5, 0.6) is 0 Å². The van der Waals surface area contributed by atoms with Gasteiger partial charge in [0.05, 0.1) is 16.9 Å². The zero-order valence-electron chi connectivity index (χ0n) is 17.5. The summed E-state index contributed by atoms with van der Waals surface area (Å²) >= 11 is 0. The summed E-state index contributed by atoms with van der Waals surface area (Å²) in [7, 11) is -3.85. The number of hydrogen-bond acceptors (Lipinski definition) is 4. The van der Waals surface area contributed by atoms with Gasteiger partial charge in [-0.05, 0) is 79.5 Å². The van der Waals surface area contributed by atoms with Gasteiger partial charge in [-0.25, -0.2) is 0 Å². The second-order valence-corrected chi connectivity index (χ2v) is 10.7. The number of aryl methyl sites for hydroxylation is 1. The van der Waals surface area contributed by atoms with E-state index in [1.807, 2.05) is 26.8 Å². The fraction of sp³-hybridized carbons (Fsp3) is 0.682. The molecule has 0 saturated heterocycles. The Morgan fingerprint density at radius 1 is 1.29 bits per heavy atom. The summed E-state index contributed by atoms with van der Waals surface area (Å²) in [5, 5.41) is 9.95. The van der Waals surface area contributed by atoms with Crippen LogP contribution in [0, 0.1) is 11.3 Å². The molecule has 0 spiro atoms. The van der Waals surface area contributed by atoms with Crippen LogP contribution in [-0.2, 0) is 30.9 Å². The molecular formula is C22H32O5S. The van der Waals surface area contributed by atoms with Crippen molar-refractivity contribution in [3.63, 3.8) is 0 Å². The molecule has 1 saturated carbocycles. The van der Waals surface area contributed by atoms with Gasteiger partial charge in [0, 0.05) is 0 Å². The fourth-order valence-electron chi connectivity index (χ4n) is 5.66. The van der Waals surface area contributed by atoms with Gasteiger partial charge in [-0.1, -0.05) is 33.3 Å². The lowest BCUT2D eigenvalue weighted by atomic mass is 9.50. The van der Waals surface area contributed by atoms with E-state index >= 15 is 0 Å². The van der Waals surface area contributed by atoms with Crippen molar-refractivity contribution in [1.29, 1.82) is 0 Å². The SMILES string of the molecule is CCOS(=O)(=O)c1cc2c(cc1C(C)C)CC[C@H]1[C@](C)(C(=O)O)CCC[C@]21C. The van der Waals surface area contributed by atoms with E-state index in [-0.39, 0.29) is 28.8 Å².